The van der Waals surface area contributed by atoms with Gasteiger partial charge in [-0.1, -0.05) is 12.1 Å². The Labute approximate surface area is 163 Å². The summed E-state index contributed by atoms with van der Waals surface area (Å²) in [6.45, 7) is 3.61. The molecule has 0 fully saturated rings. The van der Waals surface area contributed by atoms with Crippen LogP contribution in [0, 0.1) is 11.3 Å². The summed E-state index contributed by atoms with van der Waals surface area (Å²) in [5.41, 5.74) is 6.59. The van der Waals surface area contributed by atoms with Gasteiger partial charge in [0.15, 0.2) is 0 Å². The average molecular weight is 386 g/mol. The third-order valence-corrected chi connectivity index (χ3v) is 4.03. The summed E-state index contributed by atoms with van der Waals surface area (Å²) in [4.78, 5) is 24.7. The van der Waals surface area contributed by atoms with Gasteiger partial charge in [-0.2, -0.15) is 5.26 Å². The number of rotatable bonds is 7. The molecule has 0 aliphatic carbocycles. The second-order valence-corrected chi connectivity index (χ2v) is 5.74. The van der Waals surface area contributed by atoms with Crippen LogP contribution in [0.25, 0.3) is 0 Å². The molecule has 28 heavy (non-hydrogen) atoms. The Bertz CT molecular complexity index is 866. The number of methoxy groups -OCH3 is 1. The number of ether oxygens (including phenoxy) is 4. The van der Waals surface area contributed by atoms with E-state index < -0.39 is 17.9 Å². The number of benzene rings is 1. The first-order valence-corrected chi connectivity index (χ1v) is 8.74. The predicted molar refractivity (Wildman–Crippen MR) is 98.6 cm³/mol. The van der Waals surface area contributed by atoms with Gasteiger partial charge in [-0.3, -0.25) is 4.79 Å². The molecule has 0 amide bonds. The van der Waals surface area contributed by atoms with Gasteiger partial charge in [0.25, 0.3) is 0 Å². The van der Waals surface area contributed by atoms with Crippen LogP contribution in [0.15, 0.2) is 47.1 Å². The highest BCUT2D eigenvalue weighted by Crippen LogP contribution is 2.41. The quantitative estimate of drug-likeness (QED) is 0.709. The third kappa shape index (κ3) is 4.43. The zero-order valence-corrected chi connectivity index (χ0v) is 16.0. The van der Waals surface area contributed by atoms with Gasteiger partial charge in [0.1, 0.15) is 29.6 Å². The van der Waals surface area contributed by atoms with E-state index in [-0.39, 0.29) is 42.4 Å². The van der Waals surface area contributed by atoms with Crippen molar-refractivity contribution < 1.29 is 28.5 Å². The maximum atomic E-state index is 12.7. The number of esters is 2. The standard InChI is InChI=1S/C20H22N2O6/c1-4-26-16(23)10-15-18(20(24)27-5-2)17(14(11-21)19(22)28-15)12-7-6-8-13(9-12)25-3/h6-9,17H,4-5,10,22H2,1-3H3/t17-/m1/s1. The van der Waals surface area contributed by atoms with E-state index in [0.717, 1.165) is 0 Å². The summed E-state index contributed by atoms with van der Waals surface area (Å²) in [7, 11) is 1.51. The Balaban J connectivity index is 2.65. The molecule has 2 N–H and O–H groups in total. The van der Waals surface area contributed by atoms with Gasteiger partial charge in [0, 0.05) is 0 Å². The fourth-order valence-corrected chi connectivity index (χ4v) is 2.88. The first-order valence-electron chi connectivity index (χ1n) is 8.74. The molecule has 148 valence electrons. The molecule has 0 spiro atoms. The molecule has 1 heterocycles. The van der Waals surface area contributed by atoms with Crippen LogP contribution in [0.2, 0.25) is 0 Å². The predicted octanol–water partition coefficient (Wildman–Crippen LogP) is 2.27. The summed E-state index contributed by atoms with van der Waals surface area (Å²) in [6.07, 6.45) is -0.318. The number of nitriles is 1. The highest BCUT2D eigenvalue weighted by Gasteiger charge is 2.38. The number of hydrogen-bond donors (Lipinski definition) is 1. The minimum Gasteiger partial charge on any atom is -0.497 e. The zero-order chi connectivity index (χ0) is 20.7. The SMILES string of the molecule is CCOC(=O)CC1=C(C(=O)OCC)[C@H](c2cccc(OC)c2)C(C#N)=C(N)O1. The zero-order valence-electron chi connectivity index (χ0n) is 16.0. The Morgan fingerprint density at radius 3 is 2.57 bits per heavy atom. The van der Waals surface area contributed by atoms with E-state index in [4.69, 9.17) is 24.7 Å². The van der Waals surface area contributed by atoms with Crippen molar-refractivity contribution in [1.82, 2.24) is 0 Å². The van der Waals surface area contributed by atoms with E-state index in [0.29, 0.717) is 11.3 Å². The molecule has 1 atom stereocenters. The topological polar surface area (TPSA) is 121 Å². The summed E-state index contributed by atoms with van der Waals surface area (Å²) in [5, 5.41) is 9.64. The van der Waals surface area contributed by atoms with E-state index in [1.165, 1.54) is 7.11 Å². The minimum absolute atomic E-state index is 0.00113. The van der Waals surface area contributed by atoms with Crippen molar-refractivity contribution in [3.05, 3.63) is 52.6 Å². The van der Waals surface area contributed by atoms with Crippen molar-refractivity contribution in [2.24, 2.45) is 5.73 Å². The molecule has 8 nitrogen and oxygen atoms in total. The average Bonchev–Trinajstić information content (AvgIpc) is 2.67. The van der Waals surface area contributed by atoms with Crippen molar-refractivity contribution in [1.29, 1.82) is 5.26 Å². The molecule has 0 unspecified atom stereocenters. The van der Waals surface area contributed by atoms with Crippen molar-refractivity contribution in [3.63, 3.8) is 0 Å². The van der Waals surface area contributed by atoms with Crippen LogP contribution in [0.1, 0.15) is 31.7 Å². The molecule has 0 saturated heterocycles. The first-order chi connectivity index (χ1) is 13.5. The van der Waals surface area contributed by atoms with Crippen molar-refractivity contribution in [2.75, 3.05) is 20.3 Å². The monoisotopic (exact) mass is 386 g/mol. The number of nitrogens with zero attached hydrogens (tertiary/aromatic N) is 1. The molecule has 1 aliphatic heterocycles. The normalized spacial score (nSPS) is 16.1. The second kappa shape index (κ2) is 9.46. The van der Waals surface area contributed by atoms with Crippen molar-refractivity contribution in [2.45, 2.75) is 26.2 Å². The van der Waals surface area contributed by atoms with E-state index >= 15 is 0 Å². The van der Waals surface area contributed by atoms with Gasteiger partial charge in [0.2, 0.25) is 5.88 Å². The number of allylic oxidation sites excluding steroid dienone is 1. The van der Waals surface area contributed by atoms with Crippen LogP contribution in [0.3, 0.4) is 0 Å². The van der Waals surface area contributed by atoms with E-state index in [2.05, 4.69) is 0 Å². The van der Waals surface area contributed by atoms with Gasteiger partial charge in [0.05, 0.1) is 31.8 Å². The lowest BCUT2D eigenvalue weighted by Gasteiger charge is -2.28. The summed E-state index contributed by atoms with van der Waals surface area (Å²) >= 11 is 0. The number of carbonyl (C=O) groups is 2. The lowest BCUT2D eigenvalue weighted by Crippen LogP contribution is -2.27. The fraction of sp³-hybridized carbons (Fsp3) is 0.350. The van der Waals surface area contributed by atoms with Crippen LogP contribution in [-0.2, 0) is 23.8 Å². The molecular weight excluding hydrogens is 364 g/mol. The molecule has 0 aromatic heterocycles. The van der Waals surface area contributed by atoms with Crippen LogP contribution in [-0.4, -0.2) is 32.3 Å². The van der Waals surface area contributed by atoms with Crippen molar-refractivity contribution in [3.8, 4) is 11.8 Å². The Morgan fingerprint density at radius 1 is 1.25 bits per heavy atom. The maximum absolute atomic E-state index is 12.7. The molecule has 0 saturated carbocycles. The van der Waals surface area contributed by atoms with Gasteiger partial charge >= 0.3 is 11.9 Å². The number of carbonyl (C=O) groups excluding carboxylic acids is 2. The largest absolute Gasteiger partial charge is 0.497 e. The van der Waals surface area contributed by atoms with Gasteiger partial charge in [-0.25, -0.2) is 4.79 Å². The molecule has 1 aromatic rings. The Hall–Kier alpha value is -3.47. The second-order valence-electron chi connectivity index (χ2n) is 5.74. The molecule has 8 heteroatoms. The van der Waals surface area contributed by atoms with E-state index in [1.807, 2.05) is 6.07 Å². The minimum atomic E-state index is -0.864. The Kier molecular flexibility index (Phi) is 7.04. The van der Waals surface area contributed by atoms with E-state index in [9.17, 15) is 14.9 Å². The highest BCUT2D eigenvalue weighted by atomic mass is 16.5. The summed E-state index contributed by atoms with van der Waals surface area (Å²) in [6, 6.07) is 8.86. The van der Waals surface area contributed by atoms with Crippen molar-refractivity contribution >= 4 is 11.9 Å². The number of nitrogens with two attached hydrogens (primary N) is 1. The third-order valence-electron chi connectivity index (χ3n) is 4.03. The fourth-order valence-electron chi connectivity index (χ4n) is 2.88. The molecule has 0 bridgehead atoms. The van der Waals surface area contributed by atoms with Crippen LogP contribution >= 0.6 is 0 Å². The lowest BCUT2D eigenvalue weighted by molar-refractivity contribution is -0.143. The summed E-state index contributed by atoms with van der Waals surface area (Å²) in [5.74, 6) is -1.79. The van der Waals surface area contributed by atoms with Gasteiger partial charge in [-0.05, 0) is 31.5 Å². The van der Waals surface area contributed by atoms with Gasteiger partial charge < -0.3 is 24.7 Å². The van der Waals surface area contributed by atoms with E-state index in [1.54, 1.807) is 38.1 Å². The van der Waals surface area contributed by atoms with Crippen LogP contribution in [0.5, 0.6) is 5.75 Å². The molecule has 1 aromatic carbocycles. The van der Waals surface area contributed by atoms with Gasteiger partial charge in [-0.15, -0.1) is 0 Å². The highest BCUT2D eigenvalue weighted by molar-refractivity contribution is 5.93. The maximum Gasteiger partial charge on any atom is 0.338 e. The molecule has 1 aliphatic rings. The Morgan fingerprint density at radius 2 is 1.96 bits per heavy atom. The van der Waals surface area contributed by atoms with Crippen LogP contribution in [0.4, 0.5) is 0 Å². The molecule has 0 radical (unpaired) electrons. The molecular formula is C20H22N2O6. The number of hydrogen-bond acceptors (Lipinski definition) is 8. The smallest absolute Gasteiger partial charge is 0.338 e. The lowest BCUT2D eigenvalue weighted by atomic mass is 9.82. The first kappa shape index (κ1) is 20.8. The summed E-state index contributed by atoms with van der Waals surface area (Å²) < 4.78 is 20.8. The van der Waals surface area contributed by atoms with Crippen LogP contribution < -0.4 is 10.5 Å². The molecule has 2 rings (SSSR count).